The second kappa shape index (κ2) is 12.2. The van der Waals surface area contributed by atoms with E-state index in [-0.39, 0.29) is 41.7 Å². The lowest BCUT2D eigenvalue weighted by atomic mass is 10.0. The molecule has 0 radical (unpaired) electrons. The second-order valence-electron chi connectivity index (χ2n) is 9.69. The van der Waals surface area contributed by atoms with Crippen molar-refractivity contribution >= 4 is 40.7 Å². The van der Waals surface area contributed by atoms with Crippen molar-refractivity contribution in [3.8, 4) is 22.7 Å². The van der Waals surface area contributed by atoms with Gasteiger partial charge in [0.2, 0.25) is 11.8 Å². The number of thioether (sulfide) groups is 1. The first-order chi connectivity index (χ1) is 20.5. The Morgan fingerprint density at radius 1 is 1.05 bits per heavy atom. The molecule has 1 unspecified atom stereocenters. The molecule has 0 aliphatic carbocycles. The number of methoxy groups -OCH3 is 1. The molecule has 1 N–H and O–H groups in total. The molecule has 3 aromatic carbocycles. The van der Waals surface area contributed by atoms with E-state index in [4.69, 9.17) is 9.84 Å². The van der Waals surface area contributed by atoms with Crippen molar-refractivity contribution in [2.45, 2.75) is 11.8 Å². The van der Waals surface area contributed by atoms with Gasteiger partial charge in [0.1, 0.15) is 23.9 Å². The molecule has 5 aromatic rings. The van der Waals surface area contributed by atoms with Crippen LogP contribution in [0.4, 0.5) is 10.2 Å². The van der Waals surface area contributed by atoms with Crippen LogP contribution in [-0.2, 0) is 16.1 Å². The van der Waals surface area contributed by atoms with Gasteiger partial charge in [-0.05, 0) is 64.4 Å². The van der Waals surface area contributed by atoms with Crippen LogP contribution in [0.3, 0.4) is 0 Å². The first-order valence-electron chi connectivity index (χ1n) is 13.3. The van der Waals surface area contributed by atoms with Gasteiger partial charge in [0.25, 0.3) is 0 Å². The molecule has 212 valence electrons. The highest BCUT2D eigenvalue weighted by molar-refractivity contribution is 8.00. The van der Waals surface area contributed by atoms with Crippen molar-refractivity contribution < 1.29 is 18.7 Å². The maximum absolute atomic E-state index is 13.8. The van der Waals surface area contributed by atoms with Gasteiger partial charge >= 0.3 is 0 Å². The zero-order valence-electron chi connectivity index (χ0n) is 22.7. The summed E-state index contributed by atoms with van der Waals surface area (Å²) < 4.78 is 20.5. The van der Waals surface area contributed by atoms with E-state index in [1.54, 1.807) is 40.2 Å². The highest BCUT2D eigenvalue weighted by Crippen LogP contribution is 2.48. The number of nitrogens with zero attached hydrogens (tertiary/aromatic N) is 3. The standard InChI is InChI=1S/C32H27FN4O3S2/c1-40-26-13-11-25(12-14-26)37-32-29(30(35-37)22-5-3-2-4-6-22)31(23-15-16-41-19-23)42-20-28(39)36(32)18-27(38)34-17-21-7-9-24(33)10-8-21/h2-16,19,31H,17-18,20H2,1H3,(H,34,38). The monoisotopic (exact) mass is 598 g/mol. The summed E-state index contributed by atoms with van der Waals surface area (Å²) in [5, 5.41) is 11.9. The largest absolute Gasteiger partial charge is 0.497 e. The number of ether oxygens (including phenoxy) is 1. The van der Waals surface area contributed by atoms with E-state index in [0.717, 1.165) is 33.6 Å². The number of hydrogen-bond donors (Lipinski definition) is 1. The zero-order chi connectivity index (χ0) is 29.1. The first-order valence-corrected chi connectivity index (χ1v) is 15.3. The van der Waals surface area contributed by atoms with E-state index in [1.165, 1.54) is 23.9 Å². The smallest absolute Gasteiger partial charge is 0.240 e. The van der Waals surface area contributed by atoms with E-state index in [1.807, 2.05) is 60.0 Å². The lowest BCUT2D eigenvalue weighted by Gasteiger charge is -2.23. The molecule has 1 atom stereocenters. The Bertz CT molecular complexity index is 1690. The minimum atomic E-state index is -0.341. The normalized spacial score (nSPS) is 14.8. The summed E-state index contributed by atoms with van der Waals surface area (Å²) in [4.78, 5) is 28.6. The van der Waals surface area contributed by atoms with E-state index in [2.05, 4.69) is 16.8 Å². The van der Waals surface area contributed by atoms with Crippen LogP contribution in [0.15, 0.2) is 95.7 Å². The number of fused-ring (bicyclic) bond motifs is 1. The molecular formula is C32H27FN4O3S2. The average Bonchev–Trinajstić information content (AvgIpc) is 3.67. The Labute approximate surface area is 250 Å². The second-order valence-corrected chi connectivity index (χ2v) is 11.6. The fourth-order valence-corrected chi connectivity index (χ4v) is 6.88. The quantitative estimate of drug-likeness (QED) is 0.229. The molecule has 1 aliphatic rings. The van der Waals surface area contributed by atoms with Crippen LogP contribution in [0.5, 0.6) is 5.75 Å². The van der Waals surface area contributed by atoms with Crippen molar-refractivity contribution in [3.05, 3.63) is 118 Å². The van der Waals surface area contributed by atoms with Gasteiger partial charge in [-0.15, -0.1) is 11.8 Å². The van der Waals surface area contributed by atoms with Gasteiger partial charge in [0.05, 0.1) is 29.5 Å². The summed E-state index contributed by atoms with van der Waals surface area (Å²) in [6, 6.07) is 25.4. The Balaban J connectivity index is 1.47. The molecule has 7 nitrogen and oxygen atoms in total. The van der Waals surface area contributed by atoms with E-state index in [9.17, 15) is 14.0 Å². The number of halogens is 1. The highest BCUT2D eigenvalue weighted by atomic mass is 32.2. The van der Waals surface area contributed by atoms with E-state index in [0.29, 0.717) is 11.6 Å². The maximum atomic E-state index is 13.8. The van der Waals surface area contributed by atoms with Gasteiger partial charge in [0, 0.05) is 17.7 Å². The van der Waals surface area contributed by atoms with Crippen molar-refractivity contribution in [2.75, 3.05) is 24.3 Å². The van der Waals surface area contributed by atoms with Gasteiger partial charge in [-0.25, -0.2) is 9.07 Å². The number of hydrogen-bond acceptors (Lipinski definition) is 6. The lowest BCUT2D eigenvalue weighted by Crippen LogP contribution is -2.42. The molecule has 0 fully saturated rings. The number of anilines is 1. The van der Waals surface area contributed by atoms with Gasteiger partial charge in [-0.2, -0.15) is 16.4 Å². The maximum Gasteiger partial charge on any atom is 0.240 e. The molecule has 0 bridgehead atoms. The lowest BCUT2D eigenvalue weighted by molar-refractivity contribution is -0.123. The fraction of sp³-hybridized carbons (Fsp3) is 0.156. The third kappa shape index (κ3) is 5.68. The number of nitrogens with one attached hydrogen (secondary N) is 1. The molecule has 0 spiro atoms. The van der Waals surface area contributed by atoms with Crippen molar-refractivity contribution in [1.82, 2.24) is 15.1 Å². The van der Waals surface area contributed by atoms with Crippen LogP contribution >= 0.6 is 23.1 Å². The number of rotatable bonds is 8. The summed E-state index contributed by atoms with van der Waals surface area (Å²) in [6.45, 7) is 0.0211. The highest BCUT2D eigenvalue weighted by Gasteiger charge is 2.37. The van der Waals surface area contributed by atoms with Crippen LogP contribution in [0.1, 0.15) is 21.9 Å². The number of aromatic nitrogens is 2. The first kappa shape index (κ1) is 27.7. The summed E-state index contributed by atoms with van der Waals surface area (Å²) in [6.07, 6.45) is 0. The topological polar surface area (TPSA) is 76.5 Å². The molecule has 10 heteroatoms. The number of thiophene rings is 1. The van der Waals surface area contributed by atoms with Gasteiger partial charge in [0.15, 0.2) is 0 Å². The molecule has 3 heterocycles. The molecule has 42 heavy (non-hydrogen) atoms. The SMILES string of the molecule is COc1ccc(-n2nc(-c3ccccc3)c3c2N(CC(=O)NCc2ccc(F)cc2)C(=O)CSC3c2ccsc2)cc1. The third-order valence-corrected chi connectivity index (χ3v) is 8.96. The van der Waals surface area contributed by atoms with E-state index >= 15 is 0 Å². The van der Waals surface area contributed by atoms with Crippen molar-refractivity contribution in [3.63, 3.8) is 0 Å². The summed E-state index contributed by atoms with van der Waals surface area (Å²) >= 11 is 3.13. The molecule has 0 saturated heterocycles. The minimum absolute atomic E-state index is 0.176. The molecule has 2 amide bonds. The van der Waals surface area contributed by atoms with Crippen molar-refractivity contribution in [2.24, 2.45) is 0 Å². The Morgan fingerprint density at radius 3 is 2.50 bits per heavy atom. The van der Waals surface area contributed by atoms with Crippen LogP contribution < -0.4 is 15.0 Å². The molecule has 1 aliphatic heterocycles. The minimum Gasteiger partial charge on any atom is -0.497 e. The molecule has 6 rings (SSSR count). The average molecular weight is 599 g/mol. The summed E-state index contributed by atoms with van der Waals surface area (Å²) in [7, 11) is 1.61. The third-order valence-electron chi connectivity index (χ3n) is 7.00. The van der Waals surface area contributed by atoms with Crippen molar-refractivity contribution in [1.29, 1.82) is 0 Å². The van der Waals surface area contributed by atoms with Crippen LogP contribution in [0.2, 0.25) is 0 Å². The fourth-order valence-electron chi connectivity index (χ4n) is 4.92. The van der Waals surface area contributed by atoms with Gasteiger partial charge in [-0.1, -0.05) is 42.5 Å². The predicted molar refractivity (Wildman–Crippen MR) is 165 cm³/mol. The number of amides is 2. The van der Waals surface area contributed by atoms with Gasteiger partial charge < -0.3 is 10.1 Å². The number of carbonyl (C=O) groups is 2. The van der Waals surface area contributed by atoms with Gasteiger partial charge in [-0.3, -0.25) is 14.5 Å². The Morgan fingerprint density at radius 2 is 1.81 bits per heavy atom. The summed E-state index contributed by atoms with van der Waals surface area (Å²) in [5.74, 6) is 0.581. The van der Waals surface area contributed by atoms with Crippen LogP contribution in [0.25, 0.3) is 16.9 Å². The Hall–Kier alpha value is -4.41. The van der Waals surface area contributed by atoms with E-state index < -0.39 is 0 Å². The van der Waals surface area contributed by atoms with Crippen LogP contribution in [0, 0.1) is 5.82 Å². The molecule has 2 aromatic heterocycles. The molecule has 0 saturated carbocycles. The number of carbonyl (C=O) groups excluding carboxylic acids is 2. The summed E-state index contributed by atoms with van der Waals surface area (Å²) in [5.41, 5.74) is 5.10. The zero-order valence-corrected chi connectivity index (χ0v) is 24.3. The predicted octanol–water partition coefficient (Wildman–Crippen LogP) is 6.23. The Kier molecular flexibility index (Phi) is 8.07. The molecular weight excluding hydrogens is 572 g/mol. The van der Waals surface area contributed by atoms with Crippen LogP contribution in [-0.4, -0.2) is 41.0 Å². The number of benzene rings is 3.